The molecule has 5 heteroatoms. The van der Waals surface area contributed by atoms with Crippen molar-refractivity contribution in [1.29, 1.82) is 0 Å². The van der Waals surface area contributed by atoms with Gasteiger partial charge in [-0.05, 0) is 42.1 Å². The van der Waals surface area contributed by atoms with E-state index < -0.39 is 5.60 Å². The van der Waals surface area contributed by atoms with Crippen molar-refractivity contribution in [2.75, 3.05) is 6.54 Å². The van der Waals surface area contributed by atoms with Gasteiger partial charge in [0.05, 0.1) is 21.5 Å². The first-order valence-corrected chi connectivity index (χ1v) is 9.06. The minimum absolute atomic E-state index is 0.520. The zero-order chi connectivity index (χ0) is 15.3. The third-order valence-electron chi connectivity index (χ3n) is 4.47. The molecule has 1 saturated carbocycles. The number of rotatable bonds is 6. The molecule has 21 heavy (non-hydrogen) atoms. The summed E-state index contributed by atoms with van der Waals surface area (Å²) in [4.78, 5) is 0. The number of aliphatic hydroxyl groups is 1. The van der Waals surface area contributed by atoms with Gasteiger partial charge in [0, 0.05) is 19.6 Å². The lowest BCUT2D eigenvalue weighted by molar-refractivity contribution is 0.0249. The molecule has 0 radical (unpaired) electrons. The Hall–Kier alpha value is -0.390. The van der Waals surface area contributed by atoms with Gasteiger partial charge in [-0.1, -0.05) is 32.6 Å². The van der Waals surface area contributed by atoms with Crippen LogP contribution >= 0.6 is 15.9 Å². The van der Waals surface area contributed by atoms with Crippen LogP contribution in [-0.4, -0.2) is 27.0 Å². The van der Waals surface area contributed by atoms with Crippen molar-refractivity contribution >= 4 is 15.9 Å². The van der Waals surface area contributed by atoms with Gasteiger partial charge in [0.2, 0.25) is 0 Å². The predicted octanol–water partition coefficient (Wildman–Crippen LogP) is 3.40. The van der Waals surface area contributed by atoms with Crippen LogP contribution in [0.25, 0.3) is 0 Å². The fraction of sp³-hybridized carbons (Fsp3) is 0.812. The quantitative estimate of drug-likeness (QED) is 0.767. The number of aromatic nitrogens is 2. The lowest BCUT2D eigenvalue weighted by Gasteiger charge is -2.27. The second-order valence-electron chi connectivity index (χ2n) is 6.12. The summed E-state index contributed by atoms with van der Waals surface area (Å²) in [6.07, 6.45) is 7.60. The van der Waals surface area contributed by atoms with Crippen molar-refractivity contribution in [2.24, 2.45) is 0 Å². The average Bonchev–Trinajstić information content (AvgIpc) is 2.63. The molecule has 1 heterocycles. The normalized spacial score (nSPS) is 18.7. The van der Waals surface area contributed by atoms with E-state index in [9.17, 15) is 5.11 Å². The van der Waals surface area contributed by atoms with E-state index in [1.807, 2.05) is 4.68 Å². The summed E-state index contributed by atoms with van der Waals surface area (Å²) in [7, 11) is 0. The lowest BCUT2D eigenvalue weighted by Crippen LogP contribution is -2.40. The number of nitrogens with one attached hydrogen (secondary N) is 1. The van der Waals surface area contributed by atoms with Gasteiger partial charge >= 0.3 is 0 Å². The van der Waals surface area contributed by atoms with Crippen molar-refractivity contribution < 1.29 is 5.11 Å². The summed E-state index contributed by atoms with van der Waals surface area (Å²) in [6, 6.07) is 0. The van der Waals surface area contributed by atoms with Crippen molar-refractivity contribution in [2.45, 2.75) is 77.5 Å². The highest BCUT2D eigenvalue weighted by Gasteiger charge is 2.27. The monoisotopic (exact) mass is 357 g/mol. The Kier molecular flexibility index (Phi) is 6.26. The molecule has 0 saturated heterocycles. The van der Waals surface area contributed by atoms with Crippen LogP contribution in [0.3, 0.4) is 0 Å². The van der Waals surface area contributed by atoms with Gasteiger partial charge in [0.1, 0.15) is 0 Å². The summed E-state index contributed by atoms with van der Waals surface area (Å²) in [6.45, 7) is 6.54. The second-order valence-corrected chi connectivity index (χ2v) is 6.91. The minimum Gasteiger partial charge on any atom is -0.389 e. The Labute approximate surface area is 136 Å². The Morgan fingerprint density at radius 2 is 1.90 bits per heavy atom. The summed E-state index contributed by atoms with van der Waals surface area (Å²) >= 11 is 3.67. The van der Waals surface area contributed by atoms with Gasteiger partial charge in [-0.25, -0.2) is 0 Å². The Morgan fingerprint density at radius 3 is 2.48 bits per heavy atom. The molecule has 0 amide bonds. The molecular formula is C16H28BrN3O. The van der Waals surface area contributed by atoms with Gasteiger partial charge in [-0.3, -0.25) is 4.68 Å². The zero-order valence-corrected chi connectivity index (χ0v) is 14.9. The summed E-state index contributed by atoms with van der Waals surface area (Å²) in [5, 5.41) is 18.7. The van der Waals surface area contributed by atoms with E-state index >= 15 is 0 Å². The van der Waals surface area contributed by atoms with Gasteiger partial charge in [-0.15, -0.1) is 0 Å². The molecule has 2 rings (SSSR count). The van der Waals surface area contributed by atoms with Crippen molar-refractivity contribution in [3.05, 3.63) is 15.9 Å². The maximum atomic E-state index is 10.7. The van der Waals surface area contributed by atoms with E-state index in [1.54, 1.807) is 0 Å². The lowest BCUT2D eigenvalue weighted by atomic mass is 9.94. The first-order valence-electron chi connectivity index (χ1n) is 8.27. The minimum atomic E-state index is -0.520. The highest BCUT2D eigenvalue weighted by Crippen LogP contribution is 2.27. The zero-order valence-electron chi connectivity index (χ0n) is 13.3. The Balaban J connectivity index is 1.95. The third kappa shape index (κ3) is 4.30. The van der Waals surface area contributed by atoms with Crippen LogP contribution in [-0.2, 0) is 19.5 Å². The summed E-state index contributed by atoms with van der Waals surface area (Å²) in [5.41, 5.74) is 1.78. The molecule has 1 aromatic rings. The number of halogens is 1. The molecular weight excluding hydrogens is 330 g/mol. The van der Waals surface area contributed by atoms with E-state index in [4.69, 9.17) is 0 Å². The van der Waals surface area contributed by atoms with E-state index in [-0.39, 0.29) is 0 Å². The van der Waals surface area contributed by atoms with Crippen LogP contribution in [0.4, 0.5) is 0 Å². The van der Waals surface area contributed by atoms with Gasteiger partial charge < -0.3 is 10.4 Å². The first kappa shape index (κ1) is 17.0. The molecule has 4 nitrogen and oxygen atoms in total. The van der Waals surface area contributed by atoms with Crippen molar-refractivity contribution in [3.63, 3.8) is 0 Å². The van der Waals surface area contributed by atoms with Crippen LogP contribution in [0.2, 0.25) is 0 Å². The third-order valence-corrected chi connectivity index (χ3v) is 5.39. The molecule has 0 aromatic carbocycles. The van der Waals surface area contributed by atoms with Crippen LogP contribution in [0, 0.1) is 0 Å². The highest BCUT2D eigenvalue weighted by atomic mass is 79.9. The standard InChI is InChI=1S/C16H28BrN3O/c1-3-13-15(17)14(20(4-2)19-13)11-18-12-16(21)9-7-5-6-8-10-16/h18,21H,3-12H2,1-2H3. The summed E-state index contributed by atoms with van der Waals surface area (Å²) < 4.78 is 3.17. The van der Waals surface area contributed by atoms with Gasteiger partial charge in [0.15, 0.2) is 0 Å². The topological polar surface area (TPSA) is 50.1 Å². The second kappa shape index (κ2) is 7.75. The maximum absolute atomic E-state index is 10.7. The van der Waals surface area contributed by atoms with E-state index in [0.29, 0.717) is 6.54 Å². The Morgan fingerprint density at radius 1 is 1.24 bits per heavy atom. The van der Waals surface area contributed by atoms with E-state index in [0.717, 1.165) is 55.4 Å². The molecule has 1 fully saturated rings. The molecule has 0 spiro atoms. The van der Waals surface area contributed by atoms with Crippen molar-refractivity contribution in [1.82, 2.24) is 15.1 Å². The van der Waals surface area contributed by atoms with Crippen LogP contribution < -0.4 is 5.32 Å². The molecule has 0 atom stereocenters. The highest BCUT2D eigenvalue weighted by molar-refractivity contribution is 9.10. The molecule has 0 aliphatic heterocycles. The molecule has 1 aliphatic carbocycles. The molecule has 1 aromatic heterocycles. The van der Waals surface area contributed by atoms with Crippen LogP contribution in [0.1, 0.15) is 63.8 Å². The van der Waals surface area contributed by atoms with Gasteiger partial charge in [-0.2, -0.15) is 5.10 Å². The molecule has 0 bridgehead atoms. The smallest absolute Gasteiger partial charge is 0.0771 e. The first-order chi connectivity index (χ1) is 10.1. The van der Waals surface area contributed by atoms with Crippen LogP contribution in [0.15, 0.2) is 4.47 Å². The number of hydrogen-bond acceptors (Lipinski definition) is 3. The number of nitrogens with zero attached hydrogens (tertiary/aromatic N) is 2. The molecule has 0 unspecified atom stereocenters. The molecule has 120 valence electrons. The largest absolute Gasteiger partial charge is 0.389 e. The molecule has 2 N–H and O–H groups in total. The fourth-order valence-corrected chi connectivity index (χ4v) is 3.87. The van der Waals surface area contributed by atoms with E-state index in [2.05, 4.69) is 40.2 Å². The number of aryl methyl sites for hydroxylation is 2. The SMILES string of the molecule is CCc1nn(CC)c(CNCC2(O)CCCCCC2)c1Br. The number of hydrogen-bond donors (Lipinski definition) is 2. The maximum Gasteiger partial charge on any atom is 0.0771 e. The van der Waals surface area contributed by atoms with Crippen LogP contribution in [0.5, 0.6) is 0 Å². The van der Waals surface area contributed by atoms with E-state index in [1.165, 1.54) is 18.5 Å². The summed E-state index contributed by atoms with van der Waals surface area (Å²) in [5.74, 6) is 0. The van der Waals surface area contributed by atoms with Crippen molar-refractivity contribution in [3.8, 4) is 0 Å². The molecule has 1 aliphatic rings. The fourth-order valence-electron chi connectivity index (χ4n) is 3.16. The average molecular weight is 358 g/mol. The Bertz CT molecular complexity index is 451. The van der Waals surface area contributed by atoms with Gasteiger partial charge in [0.25, 0.3) is 0 Å². The predicted molar refractivity (Wildman–Crippen MR) is 89.3 cm³/mol.